The Morgan fingerprint density at radius 2 is 2.53 bits per heavy atom. The molecule has 0 fully saturated rings. The molecule has 80 valence electrons. The SMILES string of the molecule is O=C(O)CNC1CCCc2cccnc21. The predicted octanol–water partition coefficient (Wildman–Crippen LogP) is 1.13. The molecule has 1 unspecified atom stereocenters. The van der Waals surface area contributed by atoms with Crippen LogP contribution in [-0.4, -0.2) is 22.6 Å². The van der Waals surface area contributed by atoms with Crippen LogP contribution in [0.2, 0.25) is 0 Å². The minimum absolute atomic E-state index is 0.000676. The first-order valence-corrected chi connectivity index (χ1v) is 5.16. The van der Waals surface area contributed by atoms with Crippen molar-refractivity contribution < 1.29 is 9.90 Å². The predicted molar refractivity (Wildman–Crippen MR) is 55.6 cm³/mol. The number of pyridine rings is 1. The van der Waals surface area contributed by atoms with E-state index in [0.717, 1.165) is 25.0 Å². The molecule has 4 heteroatoms. The van der Waals surface area contributed by atoms with E-state index in [9.17, 15) is 4.79 Å². The molecule has 2 rings (SSSR count). The molecule has 0 radical (unpaired) electrons. The summed E-state index contributed by atoms with van der Waals surface area (Å²) in [5, 5.41) is 11.6. The van der Waals surface area contributed by atoms with Crippen LogP contribution < -0.4 is 5.32 Å². The topological polar surface area (TPSA) is 62.2 Å². The van der Waals surface area contributed by atoms with Crippen molar-refractivity contribution in [2.24, 2.45) is 0 Å². The molecule has 0 saturated heterocycles. The lowest BCUT2D eigenvalue weighted by molar-refractivity contribution is -0.136. The van der Waals surface area contributed by atoms with Crippen LogP contribution in [0.4, 0.5) is 0 Å². The van der Waals surface area contributed by atoms with Crippen LogP contribution in [0.1, 0.15) is 30.1 Å². The lowest BCUT2D eigenvalue weighted by Crippen LogP contribution is -2.30. The first-order chi connectivity index (χ1) is 7.27. The van der Waals surface area contributed by atoms with Crippen LogP contribution in [0.5, 0.6) is 0 Å². The number of aromatic nitrogens is 1. The molecule has 15 heavy (non-hydrogen) atoms. The Balaban J connectivity index is 2.11. The number of carboxylic acid groups (broad SMARTS) is 1. The minimum atomic E-state index is -0.821. The maximum absolute atomic E-state index is 10.5. The highest BCUT2D eigenvalue weighted by atomic mass is 16.4. The van der Waals surface area contributed by atoms with Crippen LogP contribution in [0.15, 0.2) is 18.3 Å². The van der Waals surface area contributed by atoms with Crippen LogP contribution in [0.3, 0.4) is 0 Å². The summed E-state index contributed by atoms with van der Waals surface area (Å²) in [6.07, 6.45) is 4.88. The lowest BCUT2D eigenvalue weighted by atomic mass is 9.92. The van der Waals surface area contributed by atoms with Crippen molar-refractivity contribution in [1.29, 1.82) is 0 Å². The normalized spacial score (nSPS) is 19.6. The first kappa shape index (κ1) is 10.1. The highest BCUT2D eigenvalue weighted by Gasteiger charge is 2.20. The second-order valence-electron chi connectivity index (χ2n) is 3.77. The van der Waals surface area contributed by atoms with Gasteiger partial charge in [-0.05, 0) is 30.9 Å². The average molecular weight is 206 g/mol. The molecule has 0 saturated carbocycles. The molecule has 1 aliphatic rings. The summed E-state index contributed by atoms with van der Waals surface area (Å²) >= 11 is 0. The van der Waals surface area contributed by atoms with E-state index >= 15 is 0 Å². The number of carboxylic acids is 1. The summed E-state index contributed by atoms with van der Waals surface area (Å²) in [7, 11) is 0. The van der Waals surface area contributed by atoms with Gasteiger partial charge in [-0.25, -0.2) is 0 Å². The molecule has 1 heterocycles. The van der Waals surface area contributed by atoms with E-state index in [2.05, 4.69) is 16.4 Å². The fraction of sp³-hybridized carbons (Fsp3) is 0.455. The Bertz CT molecular complexity index is 365. The maximum atomic E-state index is 10.5. The molecular weight excluding hydrogens is 192 g/mol. The summed E-state index contributed by atoms with van der Waals surface area (Å²) in [6, 6.07) is 4.10. The van der Waals surface area contributed by atoms with Crippen LogP contribution >= 0.6 is 0 Å². The zero-order chi connectivity index (χ0) is 10.7. The van der Waals surface area contributed by atoms with Crippen molar-refractivity contribution >= 4 is 5.97 Å². The van der Waals surface area contributed by atoms with Crippen molar-refractivity contribution in [3.63, 3.8) is 0 Å². The van der Waals surface area contributed by atoms with E-state index in [1.54, 1.807) is 6.20 Å². The largest absolute Gasteiger partial charge is 0.480 e. The molecule has 4 nitrogen and oxygen atoms in total. The molecule has 0 amide bonds. The second kappa shape index (κ2) is 4.40. The number of rotatable bonds is 3. The molecule has 1 aliphatic carbocycles. The van der Waals surface area contributed by atoms with E-state index in [1.807, 2.05) is 6.07 Å². The van der Waals surface area contributed by atoms with E-state index in [4.69, 9.17) is 5.11 Å². The quantitative estimate of drug-likeness (QED) is 0.778. The Labute approximate surface area is 88.3 Å². The maximum Gasteiger partial charge on any atom is 0.317 e. The van der Waals surface area contributed by atoms with Crippen molar-refractivity contribution in [2.75, 3.05) is 6.54 Å². The molecule has 0 aliphatic heterocycles. The summed E-state index contributed by atoms with van der Waals surface area (Å²) in [6.45, 7) is 0.000676. The Hall–Kier alpha value is -1.42. The summed E-state index contributed by atoms with van der Waals surface area (Å²) in [4.78, 5) is 14.8. The molecule has 1 aromatic rings. The standard InChI is InChI=1S/C11H14N2O2/c14-10(15)7-13-9-5-1-3-8-4-2-6-12-11(8)9/h2,4,6,9,13H,1,3,5,7H2,(H,14,15). The number of aliphatic carboxylic acids is 1. The van der Waals surface area contributed by atoms with Gasteiger partial charge in [0.15, 0.2) is 0 Å². The lowest BCUT2D eigenvalue weighted by Gasteiger charge is -2.24. The van der Waals surface area contributed by atoms with E-state index in [-0.39, 0.29) is 12.6 Å². The fourth-order valence-electron chi connectivity index (χ4n) is 2.02. The Morgan fingerprint density at radius 1 is 1.67 bits per heavy atom. The van der Waals surface area contributed by atoms with Crippen molar-refractivity contribution in [3.05, 3.63) is 29.6 Å². The molecule has 1 aromatic heterocycles. The third kappa shape index (κ3) is 2.33. The van der Waals surface area contributed by atoms with Gasteiger partial charge in [0.05, 0.1) is 18.3 Å². The molecule has 0 aromatic carbocycles. The summed E-state index contributed by atoms with van der Waals surface area (Å²) in [5.74, 6) is -0.821. The highest BCUT2D eigenvalue weighted by molar-refractivity contribution is 5.69. The van der Waals surface area contributed by atoms with Gasteiger partial charge in [0.1, 0.15) is 0 Å². The summed E-state index contributed by atoms with van der Waals surface area (Å²) < 4.78 is 0. The first-order valence-electron chi connectivity index (χ1n) is 5.16. The molecule has 0 bridgehead atoms. The molecule has 1 atom stereocenters. The number of hydrogen-bond acceptors (Lipinski definition) is 3. The van der Waals surface area contributed by atoms with Crippen LogP contribution in [-0.2, 0) is 11.2 Å². The van der Waals surface area contributed by atoms with Crippen molar-refractivity contribution in [2.45, 2.75) is 25.3 Å². The zero-order valence-corrected chi connectivity index (χ0v) is 8.44. The fourth-order valence-corrected chi connectivity index (χ4v) is 2.02. The van der Waals surface area contributed by atoms with Gasteiger partial charge in [-0.2, -0.15) is 0 Å². The smallest absolute Gasteiger partial charge is 0.317 e. The van der Waals surface area contributed by atoms with Gasteiger partial charge in [-0.15, -0.1) is 0 Å². The zero-order valence-electron chi connectivity index (χ0n) is 8.44. The number of nitrogens with one attached hydrogen (secondary N) is 1. The van der Waals surface area contributed by atoms with E-state index in [0.29, 0.717) is 0 Å². The minimum Gasteiger partial charge on any atom is -0.480 e. The molecular formula is C11H14N2O2. The Morgan fingerprint density at radius 3 is 3.33 bits per heavy atom. The number of hydrogen-bond donors (Lipinski definition) is 2. The van der Waals surface area contributed by atoms with Gasteiger partial charge < -0.3 is 5.11 Å². The van der Waals surface area contributed by atoms with Gasteiger partial charge >= 0.3 is 5.97 Å². The van der Waals surface area contributed by atoms with Crippen molar-refractivity contribution in [1.82, 2.24) is 10.3 Å². The number of carbonyl (C=O) groups is 1. The van der Waals surface area contributed by atoms with E-state index in [1.165, 1.54) is 5.56 Å². The molecule has 0 spiro atoms. The van der Waals surface area contributed by atoms with Gasteiger partial charge in [-0.3, -0.25) is 15.1 Å². The highest BCUT2D eigenvalue weighted by Crippen LogP contribution is 2.27. The third-order valence-corrected chi connectivity index (χ3v) is 2.69. The number of nitrogens with zero attached hydrogens (tertiary/aromatic N) is 1. The van der Waals surface area contributed by atoms with Gasteiger partial charge in [0, 0.05) is 6.20 Å². The van der Waals surface area contributed by atoms with Crippen LogP contribution in [0.25, 0.3) is 0 Å². The Kier molecular flexibility index (Phi) is 2.97. The third-order valence-electron chi connectivity index (χ3n) is 2.69. The average Bonchev–Trinajstić information content (AvgIpc) is 2.26. The monoisotopic (exact) mass is 206 g/mol. The number of fused-ring (bicyclic) bond motifs is 1. The summed E-state index contributed by atoms with van der Waals surface area (Å²) in [5.41, 5.74) is 2.26. The van der Waals surface area contributed by atoms with E-state index < -0.39 is 5.97 Å². The van der Waals surface area contributed by atoms with Gasteiger partial charge in [0.25, 0.3) is 0 Å². The number of aryl methyl sites for hydroxylation is 1. The van der Waals surface area contributed by atoms with Gasteiger partial charge in [0.2, 0.25) is 0 Å². The molecule has 2 N–H and O–H groups in total. The van der Waals surface area contributed by atoms with Gasteiger partial charge in [-0.1, -0.05) is 6.07 Å². The second-order valence-corrected chi connectivity index (χ2v) is 3.77. The van der Waals surface area contributed by atoms with Crippen molar-refractivity contribution in [3.8, 4) is 0 Å². The van der Waals surface area contributed by atoms with Crippen LogP contribution in [0, 0.1) is 0 Å².